The molecule has 4 nitrogen and oxygen atoms in total. The molecule has 98 valence electrons. The lowest BCUT2D eigenvalue weighted by molar-refractivity contribution is -0.122. The highest BCUT2D eigenvalue weighted by Gasteiger charge is 2.37. The molecule has 4 heteroatoms. The van der Waals surface area contributed by atoms with Crippen LogP contribution in [0.25, 0.3) is 10.9 Å². The van der Waals surface area contributed by atoms with Gasteiger partial charge in [0.25, 0.3) is 0 Å². The number of benzene rings is 1. The number of carbonyl (C=O) groups is 1. The smallest absolute Gasteiger partial charge is 0.221 e. The second kappa shape index (κ2) is 3.84. The van der Waals surface area contributed by atoms with Gasteiger partial charge < -0.3 is 16.0 Å². The molecule has 2 aromatic rings. The third kappa shape index (κ3) is 1.53. The Bertz CT molecular complexity index is 660. The van der Waals surface area contributed by atoms with E-state index >= 15 is 0 Å². The van der Waals surface area contributed by atoms with Crippen molar-refractivity contribution in [2.75, 3.05) is 6.54 Å². The van der Waals surface area contributed by atoms with Crippen LogP contribution >= 0.6 is 0 Å². The van der Waals surface area contributed by atoms with Gasteiger partial charge in [-0.05, 0) is 30.0 Å². The molecule has 1 aliphatic carbocycles. The molecule has 0 radical (unpaired) electrons. The minimum atomic E-state index is -0.182. The largest absolute Gasteiger partial charge is 0.369 e. The van der Waals surface area contributed by atoms with Crippen LogP contribution in [0.4, 0.5) is 0 Å². The lowest BCUT2D eigenvalue weighted by atomic mass is 9.73. The van der Waals surface area contributed by atoms with E-state index in [2.05, 4.69) is 34.7 Å². The van der Waals surface area contributed by atoms with E-state index in [0.717, 1.165) is 12.8 Å². The van der Waals surface area contributed by atoms with E-state index in [1.807, 2.05) is 0 Å². The van der Waals surface area contributed by atoms with Crippen molar-refractivity contribution < 1.29 is 4.79 Å². The molecule has 1 aliphatic heterocycles. The number of aromatic amines is 1. The van der Waals surface area contributed by atoms with Gasteiger partial charge >= 0.3 is 0 Å². The molecule has 1 saturated heterocycles. The van der Waals surface area contributed by atoms with Gasteiger partial charge in [0, 0.05) is 35.6 Å². The number of hydrogen-bond acceptors (Lipinski definition) is 2. The molecule has 4 rings (SSSR count). The van der Waals surface area contributed by atoms with Crippen LogP contribution in [-0.2, 0) is 11.2 Å². The first-order valence-electron chi connectivity index (χ1n) is 6.85. The van der Waals surface area contributed by atoms with Crippen molar-refractivity contribution in [3.63, 3.8) is 0 Å². The Balaban J connectivity index is 1.82. The summed E-state index contributed by atoms with van der Waals surface area (Å²) in [6, 6.07) is 6.84. The van der Waals surface area contributed by atoms with Gasteiger partial charge in [-0.15, -0.1) is 0 Å². The number of primary amides is 1. The maximum absolute atomic E-state index is 11.4. The number of amides is 1. The topological polar surface area (TPSA) is 70.9 Å². The number of nitrogens with one attached hydrogen (secondary N) is 2. The highest BCUT2D eigenvalue weighted by molar-refractivity contribution is 5.88. The zero-order chi connectivity index (χ0) is 13.0. The van der Waals surface area contributed by atoms with Crippen LogP contribution in [0.1, 0.15) is 23.5 Å². The Morgan fingerprint density at radius 1 is 1.37 bits per heavy atom. The summed E-state index contributed by atoms with van der Waals surface area (Å²) in [5.74, 6) is 0.174. The minimum absolute atomic E-state index is 0.0444. The summed E-state index contributed by atoms with van der Waals surface area (Å²) in [7, 11) is 0. The van der Waals surface area contributed by atoms with E-state index in [1.165, 1.54) is 22.0 Å². The number of H-pyrrole nitrogens is 1. The highest BCUT2D eigenvalue weighted by atomic mass is 16.1. The Hall–Kier alpha value is -1.81. The first kappa shape index (κ1) is 11.1. The fourth-order valence-electron chi connectivity index (χ4n) is 3.76. The van der Waals surface area contributed by atoms with Crippen LogP contribution in [0, 0.1) is 5.92 Å². The molecule has 1 amide bonds. The molecule has 1 aromatic heterocycles. The normalized spacial score (nSPS) is 29.2. The predicted molar refractivity (Wildman–Crippen MR) is 73.8 cm³/mol. The van der Waals surface area contributed by atoms with Crippen molar-refractivity contribution in [2.24, 2.45) is 11.7 Å². The second-order valence-electron chi connectivity index (χ2n) is 5.74. The first-order valence-corrected chi connectivity index (χ1v) is 6.85. The van der Waals surface area contributed by atoms with E-state index in [0.29, 0.717) is 18.5 Å². The summed E-state index contributed by atoms with van der Waals surface area (Å²) in [6.07, 6.45) is 4.02. The summed E-state index contributed by atoms with van der Waals surface area (Å²) < 4.78 is 0. The molecule has 0 saturated carbocycles. The Morgan fingerprint density at radius 2 is 2.26 bits per heavy atom. The molecule has 1 fully saturated rings. The standard InChI is InChI=1S/C15H17N3O/c16-15(19)9-4-11-10-2-1-3-12-14(10)8(6-17-12)5-13(11)18-7-9/h1-3,6,9,11,13,17-18H,4-5,7H2,(H2,16,19)/t9?,11-,13-/m1/s1. The van der Waals surface area contributed by atoms with E-state index < -0.39 is 0 Å². The number of rotatable bonds is 1. The minimum Gasteiger partial charge on any atom is -0.369 e. The van der Waals surface area contributed by atoms with Gasteiger partial charge in [-0.2, -0.15) is 0 Å². The molecular formula is C15H17N3O. The van der Waals surface area contributed by atoms with Gasteiger partial charge in [-0.25, -0.2) is 0 Å². The van der Waals surface area contributed by atoms with Crippen molar-refractivity contribution >= 4 is 16.8 Å². The number of piperidine rings is 1. The molecule has 1 unspecified atom stereocenters. The molecule has 0 spiro atoms. The number of hydrogen-bond donors (Lipinski definition) is 3. The number of aromatic nitrogens is 1. The maximum atomic E-state index is 11.4. The molecular weight excluding hydrogens is 238 g/mol. The molecule has 2 heterocycles. The number of nitrogens with two attached hydrogens (primary N) is 1. The Morgan fingerprint density at radius 3 is 3.11 bits per heavy atom. The number of fused-ring (bicyclic) bond motifs is 2. The lowest BCUT2D eigenvalue weighted by Crippen LogP contribution is -2.49. The fraction of sp³-hybridized carbons (Fsp3) is 0.400. The van der Waals surface area contributed by atoms with Gasteiger partial charge in [-0.3, -0.25) is 4.79 Å². The summed E-state index contributed by atoms with van der Waals surface area (Å²) >= 11 is 0. The van der Waals surface area contributed by atoms with Crippen LogP contribution in [0.5, 0.6) is 0 Å². The van der Waals surface area contributed by atoms with Gasteiger partial charge in [-0.1, -0.05) is 12.1 Å². The van der Waals surface area contributed by atoms with Crippen LogP contribution in [0.3, 0.4) is 0 Å². The summed E-state index contributed by atoms with van der Waals surface area (Å²) in [5.41, 5.74) is 9.43. The van der Waals surface area contributed by atoms with Crippen molar-refractivity contribution in [1.29, 1.82) is 0 Å². The average Bonchev–Trinajstić information content (AvgIpc) is 2.83. The maximum Gasteiger partial charge on any atom is 0.221 e. The van der Waals surface area contributed by atoms with Gasteiger partial charge in [0.15, 0.2) is 0 Å². The quantitative estimate of drug-likeness (QED) is 0.718. The van der Waals surface area contributed by atoms with Gasteiger partial charge in [0.1, 0.15) is 0 Å². The van der Waals surface area contributed by atoms with E-state index in [4.69, 9.17) is 5.73 Å². The zero-order valence-electron chi connectivity index (χ0n) is 10.6. The monoisotopic (exact) mass is 255 g/mol. The molecule has 19 heavy (non-hydrogen) atoms. The number of carbonyl (C=O) groups excluding carboxylic acids is 1. The van der Waals surface area contributed by atoms with Crippen LogP contribution in [-0.4, -0.2) is 23.5 Å². The van der Waals surface area contributed by atoms with Gasteiger partial charge in [0.2, 0.25) is 5.91 Å². The third-order valence-corrected chi connectivity index (χ3v) is 4.71. The van der Waals surface area contributed by atoms with Gasteiger partial charge in [0.05, 0.1) is 5.92 Å². The summed E-state index contributed by atoms with van der Waals surface area (Å²) in [4.78, 5) is 14.8. The summed E-state index contributed by atoms with van der Waals surface area (Å²) in [6.45, 7) is 0.715. The van der Waals surface area contributed by atoms with E-state index in [1.54, 1.807) is 0 Å². The molecule has 0 bridgehead atoms. The zero-order valence-corrected chi connectivity index (χ0v) is 10.6. The van der Waals surface area contributed by atoms with Crippen LogP contribution < -0.4 is 11.1 Å². The fourth-order valence-corrected chi connectivity index (χ4v) is 3.76. The average molecular weight is 255 g/mol. The summed E-state index contributed by atoms with van der Waals surface area (Å²) in [5, 5.41) is 4.87. The second-order valence-corrected chi connectivity index (χ2v) is 5.74. The van der Waals surface area contributed by atoms with Crippen molar-refractivity contribution in [3.8, 4) is 0 Å². The highest BCUT2D eigenvalue weighted by Crippen LogP contribution is 2.41. The Kier molecular flexibility index (Phi) is 2.23. The van der Waals surface area contributed by atoms with Crippen LogP contribution in [0.2, 0.25) is 0 Å². The Labute approximate surface area is 111 Å². The van der Waals surface area contributed by atoms with E-state index in [-0.39, 0.29) is 11.8 Å². The molecule has 2 aliphatic rings. The molecule has 1 aromatic carbocycles. The van der Waals surface area contributed by atoms with Crippen molar-refractivity contribution in [3.05, 3.63) is 35.5 Å². The predicted octanol–water partition coefficient (Wildman–Crippen LogP) is 1.27. The van der Waals surface area contributed by atoms with E-state index in [9.17, 15) is 4.79 Å². The van der Waals surface area contributed by atoms with Crippen molar-refractivity contribution in [2.45, 2.75) is 24.8 Å². The third-order valence-electron chi connectivity index (χ3n) is 4.71. The first-order chi connectivity index (χ1) is 9.24. The van der Waals surface area contributed by atoms with Crippen LogP contribution in [0.15, 0.2) is 24.4 Å². The van der Waals surface area contributed by atoms with Crippen molar-refractivity contribution in [1.82, 2.24) is 10.3 Å². The molecule has 3 atom stereocenters. The molecule has 4 N–H and O–H groups in total. The lowest BCUT2D eigenvalue weighted by Gasteiger charge is -2.39. The SMILES string of the molecule is NC(=O)C1CN[C@@H]2Cc3c[nH]c4cccc(c34)[C@H]2C1.